The molecule has 1 aliphatic rings. The van der Waals surface area contributed by atoms with E-state index in [1.54, 1.807) is 0 Å². The first-order chi connectivity index (χ1) is 11.3. The SMILES string of the molecule is CI.O[C@](Cc1ccccc1)(c1ccccc1)[C@H]1CNCCO1. The second kappa shape index (κ2) is 9.37. The van der Waals surface area contributed by atoms with Crippen molar-refractivity contribution in [2.75, 3.05) is 24.6 Å². The molecule has 3 rings (SSSR count). The van der Waals surface area contributed by atoms with E-state index >= 15 is 0 Å². The summed E-state index contributed by atoms with van der Waals surface area (Å²) in [5.74, 6) is 0. The zero-order valence-electron chi connectivity index (χ0n) is 13.4. The first-order valence-electron chi connectivity index (χ1n) is 7.81. The second-order valence-electron chi connectivity index (χ2n) is 5.52. The lowest BCUT2D eigenvalue weighted by Gasteiger charge is -2.39. The van der Waals surface area contributed by atoms with Gasteiger partial charge in [0, 0.05) is 19.5 Å². The van der Waals surface area contributed by atoms with Crippen LogP contribution < -0.4 is 5.32 Å². The molecule has 2 atom stereocenters. The maximum atomic E-state index is 11.4. The molecule has 3 nitrogen and oxygen atoms in total. The van der Waals surface area contributed by atoms with Crippen molar-refractivity contribution in [2.24, 2.45) is 0 Å². The van der Waals surface area contributed by atoms with Crippen LogP contribution in [0, 0.1) is 0 Å². The highest BCUT2D eigenvalue weighted by Crippen LogP contribution is 2.31. The molecule has 2 N–H and O–H groups in total. The van der Waals surface area contributed by atoms with Gasteiger partial charge in [-0.25, -0.2) is 0 Å². The van der Waals surface area contributed by atoms with Gasteiger partial charge in [-0.15, -0.1) is 0 Å². The molecule has 1 fully saturated rings. The molecule has 0 spiro atoms. The van der Waals surface area contributed by atoms with E-state index in [2.05, 4.69) is 27.9 Å². The minimum absolute atomic E-state index is 0.242. The summed E-state index contributed by atoms with van der Waals surface area (Å²) in [6.07, 6.45) is 0.304. The van der Waals surface area contributed by atoms with Gasteiger partial charge in [-0.05, 0) is 16.1 Å². The Morgan fingerprint density at radius 1 is 1.09 bits per heavy atom. The molecular formula is C19H24INO2. The molecular weight excluding hydrogens is 401 g/mol. The number of hydrogen-bond acceptors (Lipinski definition) is 3. The van der Waals surface area contributed by atoms with Crippen LogP contribution in [0.15, 0.2) is 60.7 Å². The zero-order chi connectivity index (χ0) is 16.5. The number of ether oxygens (including phenoxy) is 1. The van der Waals surface area contributed by atoms with Crippen molar-refractivity contribution in [2.45, 2.75) is 18.1 Å². The van der Waals surface area contributed by atoms with Gasteiger partial charge in [0.25, 0.3) is 0 Å². The van der Waals surface area contributed by atoms with Crippen LogP contribution in [-0.4, -0.2) is 35.8 Å². The van der Waals surface area contributed by atoms with Crippen LogP contribution in [0.4, 0.5) is 0 Å². The first kappa shape index (κ1) is 18.4. The lowest BCUT2D eigenvalue weighted by molar-refractivity contribution is -0.124. The van der Waals surface area contributed by atoms with Gasteiger partial charge in [-0.3, -0.25) is 0 Å². The number of alkyl halides is 1. The van der Waals surface area contributed by atoms with Crippen molar-refractivity contribution < 1.29 is 9.84 Å². The fourth-order valence-corrected chi connectivity index (χ4v) is 2.91. The molecule has 4 heteroatoms. The van der Waals surface area contributed by atoms with E-state index in [1.807, 2.05) is 65.6 Å². The number of nitrogens with one attached hydrogen (secondary N) is 1. The molecule has 0 bridgehead atoms. The Morgan fingerprint density at radius 3 is 2.26 bits per heavy atom. The van der Waals surface area contributed by atoms with Crippen LogP contribution in [0.3, 0.4) is 0 Å². The minimum Gasteiger partial charge on any atom is -0.382 e. The highest BCUT2D eigenvalue weighted by molar-refractivity contribution is 14.1. The van der Waals surface area contributed by atoms with Gasteiger partial charge < -0.3 is 15.2 Å². The molecule has 0 saturated carbocycles. The quantitative estimate of drug-likeness (QED) is 0.584. The van der Waals surface area contributed by atoms with E-state index in [4.69, 9.17) is 4.74 Å². The van der Waals surface area contributed by atoms with Gasteiger partial charge in [0.15, 0.2) is 0 Å². The van der Waals surface area contributed by atoms with Crippen molar-refractivity contribution in [1.82, 2.24) is 5.32 Å². The molecule has 0 radical (unpaired) electrons. The highest BCUT2D eigenvalue weighted by atomic mass is 127. The number of rotatable bonds is 4. The zero-order valence-corrected chi connectivity index (χ0v) is 15.6. The van der Waals surface area contributed by atoms with Crippen LogP contribution >= 0.6 is 22.6 Å². The third kappa shape index (κ3) is 4.76. The number of aliphatic hydroxyl groups is 1. The second-order valence-corrected chi connectivity index (χ2v) is 5.52. The van der Waals surface area contributed by atoms with Crippen molar-refractivity contribution in [1.29, 1.82) is 0 Å². The van der Waals surface area contributed by atoms with Crippen molar-refractivity contribution in [3.05, 3.63) is 71.8 Å². The fraction of sp³-hybridized carbons (Fsp3) is 0.368. The molecule has 1 saturated heterocycles. The average Bonchev–Trinajstić information content (AvgIpc) is 2.65. The average molecular weight is 425 g/mol. The minimum atomic E-state index is -1.02. The van der Waals surface area contributed by atoms with Crippen molar-refractivity contribution in [3.8, 4) is 0 Å². The Morgan fingerprint density at radius 2 is 1.70 bits per heavy atom. The maximum Gasteiger partial charge on any atom is 0.121 e. The van der Waals surface area contributed by atoms with E-state index in [1.165, 1.54) is 0 Å². The Bertz CT molecular complexity index is 558. The predicted octanol–water partition coefficient (Wildman–Crippen LogP) is 3.16. The van der Waals surface area contributed by atoms with Gasteiger partial charge in [-0.1, -0.05) is 83.3 Å². The first-order valence-corrected chi connectivity index (χ1v) is 9.97. The number of morpholine rings is 1. The van der Waals surface area contributed by atoms with E-state index in [9.17, 15) is 5.11 Å². The van der Waals surface area contributed by atoms with E-state index in [-0.39, 0.29) is 6.10 Å². The number of hydrogen-bond donors (Lipinski definition) is 2. The third-order valence-corrected chi connectivity index (χ3v) is 4.05. The standard InChI is InChI=1S/C18H21NO2.CH3I/c20-18(16-9-5-2-6-10-16,17-14-19-11-12-21-17)13-15-7-3-1-4-8-15;1-2/h1-10,17,19-20H,11-14H2;1H3/t17-,18-;/m1./s1. The van der Waals surface area contributed by atoms with Crippen molar-refractivity contribution in [3.63, 3.8) is 0 Å². The normalized spacial score (nSPS) is 20.0. The summed E-state index contributed by atoms with van der Waals surface area (Å²) in [5.41, 5.74) is 0.997. The lowest BCUT2D eigenvalue weighted by Crippen LogP contribution is -2.52. The predicted molar refractivity (Wildman–Crippen MR) is 103 cm³/mol. The van der Waals surface area contributed by atoms with Crippen LogP contribution in [0.2, 0.25) is 0 Å². The number of halogens is 1. The molecule has 2 aromatic carbocycles. The Labute approximate surface area is 152 Å². The molecule has 0 aliphatic carbocycles. The van der Waals surface area contributed by atoms with Crippen LogP contribution in [0.1, 0.15) is 11.1 Å². The molecule has 2 aromatic rings. The van der Waals surface area contributed by atoms with E-state index in [0.717, 1.165) is 17.7 Å². The molecule has 0 aromatic heterocycles. The molecule has 124 valence electrons. The summed E-state index contributed by atoms with van der Waals surface area (Å²) in [6.45, 7) is 2.14. The summed E-state index contributed by atoms with van der Waals surface area (Å²) < 4.78 is 5.86. The third-order valence-electron chi connectivity index (χ3n) is 4.05. The maximum absolute atomic E-state index is 11.4. The number of benzene rings is 2. The van der Waals surface area contributed by atoms with Gasteiger partial charge >= 0.3 is 0 Å². The summed E-state index contributed by atoms with van der Waals surface area (Å²) >= 11 is 2.15. The van der Waals surface area contributed by atoms with E-state index < -0.39 is 5.60 Å². The summed E-state index contributed by atoms with van der Waals surface area (Å²) in [4.78, 5) is 1.97. The fourth-order valence-electron chi connectivity index (χ4n) is 2.91. The van der Waals surface area contributed by atoms with Gasteiger partial charge in [0.05, 0.1) is 6.61 Å². The molecule has 1 heterocycles. The molecule has 1 aliphatic heterocycles. The Balaban J connectivity index is 0.000000924. The van der Waals surface area contributed by atoms with Gasteiger partial charge in [0.1, 0.15) is 11.7 Å². The summed E-state index contributed by atoms with van der Waals surface area (Å²) in [5, 5.41) is 14.7. The topological polar surface area (TPSA) is 41.5 Å². The van der Waals surface area contributed by atoms with Crippen LogP contribution in [0.5, 0.6) is 0 Å². The van der Waals surface area contributed by atoms with E-state index in [0.29, 0.717) is 19.6 Å². The summed E-state index contributed by atoms with van der Waals surface area (Å²) in [6, 6.07) is 19.9. The van der Waals surface area contributed by atoms with Gasteiger partial charge in [0.2, 0.25) is 0 Å². The molecule has 0 unspecified atom stereocenters. The molecule has 23 heavy (non-hydrogen) atoms. The Kier molecular flexibility index (Phi) is 7.49. The van der Waals surface area contributed by atoms with Crippen LogP contribution in [-0.2, 0) is 16.8 Å². The monoisotopic (exact) mass is 425 g/mol. The molecule has 0 amide bonds. The van der Waals surface area contributed by atoms with Crippen molar-refractivity contribution >= 4 is 22.6 Å². The summed E-state index contributed by atoms with van der Waals surface area (Å²) in [7, 11) is 0. The lowest BCUT2D eigenvalue weighted by atomic mass is 9.82. The highest BCUT2D eigenvalue weighted by Gasteiger charge is 2.40. The van der Waals surface area contributed by atoms with Gasteiger partial charge in [-0.2, -0.15) is 0 Å². The Hall–Kier alpha value is -0.950. The largest absolute Gasteiger partial charge is 0.382 e. The van der Waals surface area contributed by atoms with Crippen LogP contribution in [0.25, 0.3) is 0 Å². The smallest absolute Gasteiger partial charge is 0.121 e.